The predicted molar refractivity (Wildman–Crippen MR) is 123 cm³/mol. The van der Waals surface area contributed by atoms with E-state index in [0.717, 1.165) is 36.1 Å². The first-order chi connectivity index (χ1) is 14.9. The summed E-state index contributed by atoms with van der Waals surface area (Å²) in [5, 5.41) is 15.9. The highest BCUT2D eigenvalue weighted by Gasteiger charge is 2.32. The summed E-state index contributed by atoms with van der Waals surface area (Å²) in [6.07, 6.45) is 1.79. The second kappa shape index (κ2) is 9.21. The lowest BCUT2D eigenvalue weighted by atomic mass is 10.0. The van der Waals surface area contributed by atoms with Crippen molar-refractivity contribution in [1.29, 1.82) is 0 Å². The molecular formula is C23H28N4O3S. The van der Waals surface area contributed by atoms with Crippen LogP contribution in [0.2, 0.25) is 0 Å². The molecule has 3 N–H and O–H groups in total. The van der Waals surface area contributed by atoms with E-state index in [-0.39, 0.29) is 11.8 Å². The molecule has 0 radical (unpaired) electrons. The van der Waals surface area contributed by atoms with Gasteiger partial charge in [0, 0.05) is 71.9 Å². The number of fused-ring (bicyclic) bond motifs is 1. The van der Waals surface area contributed by atoms with Gasteiger partial charge in [-0.3, -0.25) is 19.4 Å². The summed E-state index contributed by atoms with van der Waals surface area (Å²) < 4.78 is 0. The van der Waals surface area contributed by atoms with Crippen LogP contribution in [0.15, 0.2) is 41.9 Å². The van der Waals surface area contributed by atoms with E-state index in [9.17, 15) is 14.7 Å². The van der Waals surface area contributed by atoms with Crippen LogP contribution in [-0.2, 0) is 16.1 Å². The Balaban J connectivity index is 1.53. The number of hydrogen-bond donors (Lipinski definition) is 3. The largest absolute Gasteiger partial charge is 0.480 e. The van der Waals surface area contributed by atoms with Gasteiger partial charge in [-0.1, -0.05) is 19.9 Å². The van der Waals surface area contributed by atoms with Gasteiger partial charge in [0.05, 0.1) is 0 Å². The van der Waals surface area contributed by atoms with Crippen molar-refractivity contribution in [2.24, 2.45) is 5.92 Å². The number of piperazine rings is 1. The number of benzene rings is 1. The van der Waals surface area contributed by atoms with Gasteiger partial charge in [-0.25, -0.2) is 0 Å². The zero-order valence-corrected chi connectivity index (χ0v) is 18.6. The fraction of sp³-hybridized carbons (Fsp3) is 0.391. The number of aromatic nitrogens is 1. The number of carbonyl (C=O) groups is 2. The number of hydrogen-bond acceptors (Lipinski definition) is 5. The molecule has 1 aliphatic heterocycles. The average molecular weight is 441 g/mol. The number of carboxylic acids is 1. The van der Waals surface area contributed by atoms with E-state index in [1.165, 1.54) is 4.88 Å². The highest BCUT2D eigenvalue weighted by Crippen LogP contribution is 2.31. The van der Waals surface area contributed by atoms with Crippen LogP contribution < -0.4 is 5.32 Å². The van der Waals surface area contributed by atoms with E-state index < -0.39 is 12.0 Å². The number of anilines is 1. The topological polar surface area (TPSA) is 88.7 Å². The van der Waals surface area contributed by atoms with Gasteiger partial charge in [0.1, 0.15) is 6.04 Å². The molecule has 0 saturated carbocycles. The fourth-order valence-electron chi connectivity index (χ4n) is 4.02. The molecular weight excluding hydrogens is 412 g/mol. The summed E-state index contributed by atoms with van der Waals surface area (Å²) in [6.45, 7) is 7.65. The maximum Gasteiger partial charge on any atom is 0.325 e. The smallest absolute Gasteiger partial charge is 0.325 e. The first-order valence-electron chi connectivity index (χ1n) is 10.6. The quantitative estimate of drug-likeness (QED) is 0.521. The van der Waals surface area contributed by atoms with E-state index in [0.29, 0.717) is 18.8 Å². The van der Waals surface area contributed by atoms with E-state index in [4.69, 9.17) is 0 Å². The van der Waals surface area contributed by atoms with Gasteiger partial charge < -0.3 is 15.4 Å². The minimum atomic E-state index is -0.857. The fourth-order valence-corrected chi connectivity index (χ4v) is 4.77. The Morgan fingerprint density at radius 1 is 1.19 bits per heavy atom. The molecule has 1 atom stereocenters. The minimum Gasteiger partial charge on any atom is -0.480 e. The minimum absolute atomic E-state index is 0.0620. The number of aliphatic carboxylic acids is 1. The molecule has 0 aliphatic carbocycles. The standard InChI is InChI=1S/C23H28N4O3S/c1-15(2)22(28)25-16-5-6-20-18(12-16)19(13-24-20)21(23(29)30)27-9-7-26(8-10-27)14-17-4-3-11-31-17/h3-6,11-13,15,21,24H,7-10,14H2,1-2H3,(H,25,28)(H,29,30)/t21-/m1/s1. The summed E-state index contributed by atoms with van der Waals surface area (Å²) in [5.41, 5.74) is 2.27. The van der Waals surface area contributed by atoms with Crippen molar-refractivity contribution in [2.75, 3.05) is 31.5 Å². The van der Waals surface area contributed by atoms with Crippen molar-refractivity contribution in [1.82, 2.24) is 14.8 Å². The van der Waals surface area contributed by atoms with Crippen LogP contribution in [0.3, 0.4) is 0 Å². The monoisotopic (exact) mass is 440 g/mol. The number of rotatable bonds is 7. The predicted octanol–water partition coefficient (Wildman–Crippen LogP) is 3.77. The Kier molecular flexibility index (Phi) is 6.41. The highest BCUT2D eigenvalue weighted by atomic mass is 32.1. The van der Waals surface area contributed by atoms with Crippen LogP contribution in [0.25, 0.3) is 10.9 Å². The molecule has 0 bridgehead atoms. The van der Waals surface area contributed by atoms with Crippen molar-refractivity contribution >= 4 is 39.8 Å². The Morgan fingerprint density at radius 2 is 1.97 bits per heavy atom. The average Bonchev–Trinajstić information content (AvgIpc) is 3.39. The number of thiophene rings is 1. The van der Waals surface area contributed by atoms with E-state index in [2.05, 4.69) is 32.7 Å². The molecule has 1 saturated heterocycles. The number of nitrogens with one attached hydrogen (secondary N) is 2. The second-order valence-electron chi connectivity index (χ2n) is 8.28. The molecule has 1 fully saturated rings. The zero-order valence-electron chi connectivity index (χ0n) is 17.8. The van der Waals surface area contributed by atoms with Crippen LogP contribution in [0.1, 0.15) is 30.3 Å². The Bertz CT molecular complexity index is 1050. The van der Waals surface area contributed by atoms with E-state index in [1.807, 2.05) is 36.9 Å². The molecule has 3 aromatic rings. The summed E-state index contributed by atoms with van der Waals surface area (Å²) in [4.78, 5) is 33.3. The molecule has 31 heavy (non-hydrogen) atoms. The van der Waals surface area contributed by atoms with E-state index in [1.54, 1.807) is 17.5 Å². The number of nitrogens with zero attached hydrogens (tertiary/aromatic N) is 2. The van der Waals surface area contributed by atoms with Crippen molar-refractivity contribution in [3.8, 4) is 0 Å². The molecule has 4 rings (SSSR count). The first kappa shape index (κ1) is 21.5. The highest BCUT2D eigenvalue weighted by molar-refractivity contribution is 7.09. The van der Waals surface area contributed by atoms with Gasteiger partial charge in [0.15, 0.2) is 0 Å². The molecule has 1 amide bonds. The summed E-state index contributed by atoms with van der Waals surface area (Å²) in [6, 6.07) is 9.05. The Morgan fingerprint density at radius 3 is 2.61 bits per heavy atom. The Hall–Kier alpha value is -2.68. The summed E-state index contributed by atoms with van der Waals surface area (Å²) >= 11 is 1.75. The summed E-state index contributed by atoms with van der Waals surface area (Å²) in [5.74, 6) is -1.05. The third-order valence-corrected chi connectivity index (χ3v) is 6.63. The van der Waals surface area contributed by atoms with Gasteiger partial charge in [0.25, 0.3) is 0 Å². The first-order valence-corrected chi connectivity index (χ1v) is 11.4. The Labute approximate surface area is 185 Å². The maximum absolute atomic E-state index is 12.3. The number of amides is 1. The lowest BCUT2D eigenvalue weighted by Crippen LogP contribution is -2.48. The van der Waals surface area contributed by atoms with Crippen molar-refractivity contribution in [2.45, 2.75) is 26.4 Å². The van der Waals surface area contributed by atoms with Gasteiger partial charge in [-0.15, -0.1) is 11.3 Å². The zero-order chi connectivity index (χ0) is 22.0. The number of carbonyl (C=O) groups excluding carboxylic acids is 1. The SMILES string of the molecule is CC(C)C(=O)Nc1ccc2[nH]cc([C@H](C(=O)O)N3CCN(Cc4cccs4)CC3)c2c1. The lowest BCUT2D eigenvalue weighted by Gasteiger charge is -2.37. The molecule has 164 valence electrons. The lowest BCUT2D eigenvalue weighted by molar-refractivity contribution is -0.144. The normalized spacial score (nSPS) is 16.6. The molecule has 7 nitrogen and oxygen atoms in total. The van der Waals surface area contributed by atoms with Crippen molar-refractivity contribution < 1.29 is 14.7 Å². The third-order valence-electron chi connectivity index (χ3n) is 5.77. The van der Waals surface area contributed by atoms with Crippen molar-refractivity contribution in [3.63, 3.8) is 0 Å². The van der Waals surface area contributed by atoms with E-state index >= 15 is 0 Å². The van der Waals surface area contributed by atoms with Gasteiger partial charge in [-0.05, 0) is 29.6 Å². The number of aromatic amines is 1. The second-order valence-corrected chi connectivity index (χ2v) is 9.31. The van der Waals surface area contributed by atoms with Crippen LogP contribution in [-0.4, -0.2) is 57.9 Å². The molecule has 8 heteroatoms. The number of carboxylic acid groups (broad SMARTS) is 1. The van der Waals surface area contributed by atoms with Crippen LogP contribution >= 0.6 is 11.3 Å². The van der Waals surface area contributed by atoms with Gasteiger partial charge >= 0.3 is 5.97 Å². The van der Waals surface area contributed by atoms with Crippen LogP contribution in [0.4, 0.5) is 5.69 Å². The van der Waals surface area contributed by atoms with Gasteiger partial charge in [0.2, 0.25) is 5.91 Å². The van der Waals surface area contributed by atoms with Crippen LogP contribution in [0, 0.1) is 5.92 Å². The molecule has 2 aromatic heterocycles. The molecule has 1 aromatic carbocycles. The van der Waals surface area contributed by atoms with Crippen molar-refractivity contribution in [3.05, 3.63) is 52.3 Å². The van der Waals surface area contributed by atoms with Crippen LogP contribution in [0.5, 0.6) is 0 Å². The number of H-pyrrole nitrogens is 1. The molecule has 0 unspecified atom stereocenters. The molecule has 3 heterocycles. The summed E-state index contributed by atoms with van der Waals surface area (Å²) in [7, 11) is 0. The molecule has 0 spiro atoms. The molecule has 1 aliphatic rings. The third kappa shape index (κ3) is 4.81. The van der Waals surface area contributed by atoms with Gasteiger partial charge in [-0.2, -0.15) is 0 Å². The maximum atomic E-state index is 12.3.